The molecule has 0 aliphatic rings. The number of aromatic nitrogens is 3. The molecule has 5 nitrogen and oxygen atoms in total. The molecule has 0 saturated heterocycles. The molecule has 18 heavy (non-hydrogen) atoms. The van der Waals surface area contributed by atoms with Gasteiger partial charge in [-0.3, -0.25) is 0 Å². The minimum absolute atomic E-state index is 0.139. The van der Waals surface area contributed by atoms with Gasteiger partial charge >= 0.3 is 0 Å². The Morgan fingerprint density at radius 3 is 2.72 bits per heavy atom. The van der Waals surface area contributed by atoms with E-state index in [9.17, 15) is 5.11 Å². The summed E-state index contributed by atoms with van der Waals surface area (Å²) in [6.07, 6.45) is 1.01. The molecule has 0 radical (unpaired) electrons. The molecule has 1 aromatic carbocycles. The number of aliphatic hydroxyl groups is 2. The summed E-state index contributed by atoms with van der Waals surface area (Å²) in [6.45, 7) is 4.19. The van der Waals surface area contributed by atoms with Crippen LogP contribution in [0.2, 0.25) is 0 Å². The van der Waals surface area contributed by atoms with Crippen molar-refractivity contribution in [2.45, 2.75) is 33.1 Å². The lowest BCUT2D eigenvalue weighted by molar-refractivity contribution is 0.150. The lowest BCUT2D eigenvalue weighted by atomic mass is 10.0. The van der Waals surface area contributed by atoms with E-state index in [1.165, 1.54) is 10.2 Å². The lowest BCUT2D eigenvalue weighted by Gasteiger charge is -2.13. The Hall–Kier alpha value is -1.72. The predicted molar refractivity (Wildman–Crippen MR) is 66.8 cm³/mol. The van der Waals surface area contributed by atoms with Gasteiger partial charge in [0.1, 0.15) is 5.69 Å². The molecule has 0 amide bonds. The van der Waals surface area contributed by atoms with Crippen LogP contribution in [-0.2, 0) is 13.2 Å². The van der Waals surface area contributed by atoms with Gasteiger partial charge in [-0.2, -0.15) is 0 Å². The highest BCUT2D eigenvalue weighted by Gasteiger charge is 2.12. The van der Waals surface area contributed by atoms with Gasteiger partial charge < -0.3 is 10.2 Å². The van der Waals surface area contributed by atoms with Crippen LogP contribution in [-0.4, -0.2) is 25.2 Å². The van der Waals surface area contributed by atoms with Gasteiger partial charge in [0.15, 0.2) is 0 Å². The van der Waals surface area contributed by atoms with Crippen molar-refractivity contribution in [1.82, 2.24) is 15.0 Å². The number of benzene rings is 1. The minimum atomic E-state index is -0.626. The first kappa shape index (κ1) is 12.7. The van der Waals surface area contributed by atoms with E-state index in [1.54, 1.807) is 6.20 Å². The van der Waals surface area contributed by atoms with Gasteiger partial charge in [-0.25, -0.2) is 4.68 Å². The van der Waals surface area contributed by atoms with Crippen LogP contribution in [0.3, 0.4) is 0 Å². The van der Waals surface area contributed by atoms with Gasteiger partial charge in [0.05, 0.1) is 25.5 Å². The summed E-state index contributed by atoms with van der Waals surface area (Å²) in [5.74, 6) is 0. The Labute approximate surface area is 106 Å². The van der Waals surface area contributed by atoms with Crippen molar-refractivity contribution in [3.05, 3.63) is 46.8 Å². The highest BCUT2D eigenvalue weighted by molar-refractivity contribution is 5.31. The molecule has 0 spiro atoms. The second-order valence-electron chi connectivity index (χ2n) is 4.47. The Kier molecular flexibility index (Phi) is 3.74. The summed E-state index contributed by atoms with van der Waals surface area (Å²) in [5, 5.41) is 26.7. The van der Waals surface area contributed by atoms with Crippen molar-refractivity contribution >= 4 is 0 Å². The molecular weight excluding hydrogens is 230 g/mol. The third kappa shape index (κ3) is 2.75. The van der Waals surface area contributed by atoms with Crippen molar-refractivity contribution in [2.24, 2.45) is 0 Å². The average Bonchev–Trinajstić information content (AvgIpc) is 2.76. The molecule has 1 heterocycles. The third-order valence-electron chi connectivity index (χ3n) is 2.89. The molecular formula is C13H17N3O2. The fraction of sp³-hybridized carbons (Fsp3) is 0.385. The molecule has 0 fully saturated rings. The molecule has 5 heteroatoms. The molecule has 2 rings (SSSR count). The van der Waals surface area contributed by atoms with Crippen molar-refractivity contribution in [3.63, 3.8) is 0 Å². The molecule has 2 N–H and O–H groups in total. The molecule has 0 aliphatic carbocycles. The quantitative estimate of drug-likeness (QED) is 0.849. The van der Waals surface area contributed by atoms with E-state index in [1.807, 2.05) is 32.0 Å². The maximum Gasteiger partial charge on any atom is 0.108 e. The van der Waals surface area contributed by atoms with Crippen molar-refractivity contribution < 1.29 is 10.2 Å². The third-order valence-corrected chi connectivity index (χ3v) is 2.89. The molecule has 96 valence electrons. The Bertz CT molecular complexity index is 537. The van der Waals surface area contributed by atoms with E-state index in [2.05, 4.69) is 10.3 Å². The summed E-state index contributed by atoms with van der Waals surface area (Å²) in [6, 6.07) is 5.95. The second-order valence-corrected chi connectivity index (χ2v) is 4.47. The van der Waals surface area contributed by atoms with Gasteiger partial charge in [-0.15, -0.1) is 5.10 Å². The summed E-state index contributed by atoms with van der Waals surface area (Å²) in [4.78, 5) is 0. The van der Waals surface area contributed by atoms with Crippen LogP contribution in [0.25, 0.3) is 0 Å². The summed E-state index contributed by atoms with van der Waals surface area (Å²) < 4.78 is 1.54. The number of rotatable bonds is 4. The smallest absolute Gasteiger partial charge is 0.108 e. The fourth-order valence-electron chi connectivity index (χ4n) is 1.98. The van der Waals surface area contributed by atoms with Gasteiger partial charge in [0, 0.05) is 0 Å². The molecule has 0 bridgehead atoms. The molecule has 1 aromatic heterocycles. The topological polar surface area (TPSA) is 71.2 Å². The van der Waals surface area contributed by atoms with Crippen LogP contribution in [0.5, 0.6) is 0 Å². The maximum atomic E-state index is 10.2. The predicted octanol–water partition coefficient (Wildman–Crippen LogP) is 1.12. The monoisotopic (exact) mass is 247 g/mol. The van der Waals surface area contributed by atoms with Crippen molar-refractivity contribution in [1.29, 1.82) is 0 Å². The normalized spacial score (nSPS) is 12.7. The summed E-state index contributed by atoms with van der Waals surface area (Å²) in [7, 11) is 0. The minimum Gasteiger partial charge on any atom is -0.390 e. The first-order chi connectivity index (χ1) is 8.60. The second kappa shape index (κ2) is 5.29. The zero-order chi connectivity index (χ0) is 13.1. The van der Waals surface area contributed by atoms with Crippen LogP contribution in [0.1, 0.15) is 28.5 Å². The van der Waals surface area contributed by atoms with Crippen LogP contribution in [0.4, 0.5) is 0 Å². The lowest BCUT2D eigenvalue weighted by Crippen LogP contribution is -2.10. The van der Waals surface area contributed by atoms with Crippen LogP contribution < -0.4 is 0 Å². The van der Waals surface area contributed by atoms with Gasteiger partial charge in [-0.1, -0.05) is 29.0 Å². The molecule has 1 atom stereocenters. The first-order valence-corrected chi connectivity index (χ1v) is 5.85. The zero-order valence-corrected chi connectivity index (χ0v) is 10.5. The summed E-state index contributed by atoms with van der Waals surface area (Å²) >= 11 is 0. The Balaban J connectivity index is 2.13. The average molecular weight is 247 g/mol. The number of aryl methyl sites for hydroxylation is 2. The van der Waals surface area contributed by atoms with Crippen molar-refractivity contribution in [3.8, 4) is 0 Å². The SMILES string of the molecule is Cc1ccc([C@@H](O)Cn2cc(CO)nn2)c(C)c1. The highest BCUT2D eigenvalue weighted by atomic mass is 16.3. The molecule has 0 saturated carbocycles. The zero-order valence-electron chi connectivity index (χ0n) is 10.5. The van der Waals surface area contributed by atoms with E-state index in [0.717, 1.165) is 11.1 Å². The van der Waals surface area contributed by atoms with E-state index in [0.29, 0.717) is 12.2 Å². The van der Waals surface area contributed by atoms with E-state index >= 15 is 0 Å². The molecule has 0 aliphatic heterocycles. The number of hydrogen-bond acceptors (Lipinski definition) is 4. The first-order valence-electron chi connectivity index (χ1n) is 5.85. The molecule has 2 aromatic rings. The fourth-order valence-corrected chi connectivity index (χ4v) is 1.98. The van der Waals surface area contributed by atoms with Crippen molar-refractivity contribution in [2.75, 3.05) is 0 Å². The van der Waals surface area contributed by atoms with Gasteiger partial charge in [0.25, 0.3) is 0 Å². The number of hydrogen-bond donors (Lipinski definition) is 2. The van der Waals surface area contributed by atoms with Crippen LogP contribution in [0, 0.1) is 13.8 Å². The maximum absolute atomic E-state index is 10.2. The van der Waals surface area contributed by atoms with Crippen LogP contribution >= 0.6 is 0 Å². The molecule has 0 unspecified atom stereocenters. The van der Waals surface area contributed by atoms with E-state index < -0.39 is 6.10 Å². The summed E-state index contributed by atoms with van der Waals surface area (Å²) in [5.41, 5.74) is 3.63. The van der Waals surface area contributed by atoms with E-state index in [4.69, 9.17) is 5.11 Å². The van der Waals surface area contributed by atoms with E-state index in [-0.39, 0.29) is 6.61 Å². The Morgan fingerprint density at radius 2 is 2.11 bits per heavy atom. The largest absolute Gasteiger partial charge is 0.390 e. The van der Waals surface area contributed by atoms with Crippen LogP contribution in [0.15, 0.2) is 24.4 Å². The highest BCUT2D eigenvalue weighted by Crippen LogP contribution is 2.20. The number of aliphatic hydroxyl groups excluding tert-OH is 2. The number of nitrogens with zero attached hydrogens (tertiary/aromatic N) is 3. The standard InChI is InChI=1S/C13H17N3O2/c1-9-3-4-12(10(2)5-9)13(18)7-16-6-11(8-17)14-15-16/h3-6,13,17-18H,7-8H2,1-2H3/t13-/m0/s1. The van der Waals surface area contributed by atoms with Gasteiger partial charge in [0.2, 0.25) is 0 Å². The van der Waals surface area contributed by atoms with Gasteiger partial charge in [-0.05, 0) is 25.0 Å². The Morgan fingerprint density at radius 1 is 1.33 bits per heavy atom.